The SMILES string of the molecule is Cn1c(Cl)cc(-c2cc(Br)ccc2F)cc1=O. The summed E-state index contributed by atoms with van der Waals surface area (Å²) < 4.78 is 15.7. The molecule has 0 aliphatic heterocycles. The molecule has 0 N–H and O–H groups in total. The summed E-state index contributed by atoms with van der Waals surface area (Å²) in [6.45, 7) is 0. The van der Waals surface area contributed by atoms with Crippen molar-refractivity contribution in [3.05, 3.63) is 56.1 Å². The summed E-state index contributed by atoms with van der Waals surface area (Å²) in [5.41, 5.74) is 0.544. The van der Waals surface area contributed by atoms with E-state index in [-0.39, 0.29) is 10.7 Å². The maximum Gasteiger partial charge on any atom is 0.252 e. The van der Waals surface area contributed by atoms with E-state index < -0.39 is 5.82 Å². The molecule has 0 spiro atoms. The van der Waals surface area contributed by atoms with Crippen molar-refractivity contribution >= 4 is 27.5 Å². The van der Waals surface area contributed by atoms with Crippen molar-refractivity contribution in [3.63, 3.8) is 0 Å². The van der Waals surface area contributed by atoms with Crippen LogP contribution in [0.4, 0.5) is 4.39 Å². The number of hydrogen-bond donors (Lipinski definition) is 0. The van der Waals surface area contributed by atoms with Crippen LogP contribution in [-0.4, -0.2) is 4.57 Å². The highest BCUT2D eigenvalue weighted by atomic mass is 79.9. The third-order valence-electron chi connectivity index (χ3n) is 2.44. The Kier molecular flexibility index (Phi) is 3.35. The van der Waals surface area contributed by atoms with E-state index in [1.54, 1.807) is 25.2 Å². The van der Waals surface area contributed by atoms with Gasteiger partial charge in [-0.25, -0.2) is 4.39 Å². The molecule has 0 radical (unpaired) electrons. The Bertz CT molecular complexity index is 639. The van der Waals surface area contributed by atoms with Crippen LogP contribution in [0, 0.1) is 5.82 Å². The predicted molar refractivity (Wildman–Crippen MR) is 69.8 cm³/mol. The molecule has 0 aliphatic carbocycles. The van der Waals surface area contributed by atoms with Crippen molar-refractivity contribution in [2.75, 3.05) is 0 Å². The minimum absolute atomic E-state index is 0.270. The summed E-state index contributed by atoms with van der Waals surface area (Å²) in [6.07, 6.45) is 0. The number of nitrogens with zero attached hydrogens (tertiary/aromatic N) is 1. The van der Waals surface area contributed by atoms with Crippen molar-refractivity contribution in [2.24, 2.45) is 7.05 Å². The highest BCUT2D eigenvalue weighted by molar-refractivity contribution is 9.10. The fraction of sp³-hybridized carbons (Fsp3) is 0.0833. The molecule has 2 aromatic rings. The molecule has 0 saturated carbocycles. The van der Waals surface area contributed by atoms with Crippen LogP contribution >= 0.6 is 27.5 Å². The lowest BCUT2D eigenvalue weighted by atomic mass is 10.1. The monoisotopic (exact) mass is 315 g/mol. The third-order valence-corrected chi connectivity index (χ3v) is 3.30. The summed E-state index contributed by atoms with van der Waals surface area (Å²) >= 11 is 9.15. The second-order valence-electron chi connectivity index (χ2n) is 3.59. The maximum absolute atomic E-state index is 13.6. The normalized spacial score (nSPS) is 10.6. The Morgan fingerprint density at radius 3 is 2.65 bits per heavy atom. The Labute approximate surface area is 111 Å². The van der Waals surface area contributed by atoms with Gasteiger partial charge in [-0.05, 0) is 29.8 Å². The summed E-state index contributed by atoms with van der Waals surface area (Å²) in [5.74, 6) is -0.391. The van der Waals surface area contributed by atoms with Gasteiger partial charge in [0.2, 0.25) is 0 Å². The number of halogens is 3. The average molecular weight is 317 g/mol. The minimum atomic E-state index is -0.391. The maximum atomic E-state index is 13.6. The molecule has 1 heterocycles. The standard InChI is InChI=1S/C12H8BrClFNO/c1-16-11(14)4-7(5-12(16)17)9-6-8(13)2-3-10(9)15/h2-6H,1H3. The molecule has 0 saturated heterocycles. The largest absolute Gasteiger partial charge is 0.302 e. The van der Waals surface area contributed by atoms with Gasteiger partial charge in [-0.15, -0.1) is 0 Å². The minimum Gasteiger partial charge on any atom is -0.302 e. The van der Waals surface area contributed by atoms with Crippen LogP contribution in [0.1, 0.15) is 0 Å². The molecule has 0 atom stereocenters. The van der Waals surface area contributed by atoms with Crippen LogP contribution in [0.5, 0.6) is 0 Å². The number of rotatable bonds is 1. The first kappa shape index (κ1) is 12.3. The van der Waals surface area contributed by atoms with Crippen molar-refractivity contribution in [1.29, 1.82) is 0 Å². The molecule has 0 unspecified atom stereocenters. The van der Waals surface area contributed by atoms with E-state index >= 15 is 0 Å². The molecule has 1 aromatic carbocycles. The molecular weight excluding hydrogens is 308 g/mol. The van der Waals surface area contributed by atoms with Crippen LogP contribution in [0.2, 0.25) is 5.15 Å². The Hall–Kier alpha value is -1.13. The van der Waals surface area contributed by atoms with E-state index in [1.807, 2.05) is 0 Å². The molecule has 0 aliphatic rings. The van der Waals surface area contributed by atoms with E-state index in [1.165, 1.54) is 16.7 Å². The van der Waals surface area contributed by atoms with Gasteiger partial charge in [0.1, 0.15) is 11.0 Å². The van der Waals surface area contributed by atoms with Gasteiger partial charge in [-0.1, -0.05) is 27.5 Å². The number of pyridine rings is 1. The van der Waals surface area contributed by atoms with Gasteiger partial charge in [0.15, 0.2) is 0 Å². The van der Waals surface area contributed by atoms with E-state index in [2.05, 4.69) is 15.9 Å². The topological polar surface area (TPSA) is 22.0 Å². The summed E-state index contributed by atoms with van der Waals surface area (Å²) in [4.78, 5) is 11.6. The van der Waals surface area contributed by atoms with Crippen molar-refractivity contribution < 1.29 is 4.39 Å². The van der Waals surface area contributed by atoms with Gasteiger partial charge >= 0.3 is 0 Å². The smallest absolute Gasteiger partial charge is 0.252 e. The number of benzene rings is 1. The third kappa shape index (κ3) is 2.42. The summed E-state index contributed by atoms with van der Waals surface area (Å²) in [7, 11) is 1.56. The zero-order valence-electron chi connectivity index (χ0n) is 8.88. The zero-order valence-corrected chi connectivity index (χ0v) is 11.2. The molecule has 0 amide bonds. The molecule has 2 rings (SSSR count). The van der Waals surface area contributed by atoms with Gasteiger partial charge < -0.3 is 4.57 Å². The predicted octanol–water partition coefficient (Wildman–Crippen LogP) is 3.61. The van der Waals surface area contributed by atoms with Crippen molar-refractivity contribution in [2.45, 2.75) is 0 Å². The fourth-order valence-electron chi connectivity index (χ4n) is 1.48. The summed E-state index contributed by atoms with van der Waals surface area (Å²) in [6, 6.07) is 7.47. The lowest BCUT2D eigenvalue weighted by molar-refractivity contribution is 0.631. The van der Waals surface area contributed by atoms with Crippen LogP contribution in [0.25, 0.3) is 11.1 Å². The first-order valence-electron chi connectivity index (χ1n) is 4.81. The molecular formula is C12H8BrClFNO. The highest BCUT2D eigenvalue weighted by Gasteiger charge is 2.09. The van der Waals surface area contributed by atoms with E-state index in [9.17, 15) is 9.18 Å². The number of hydrogen-bond acceptors (Lipinski definition) is 1. The molecule has 88 valence electrons. The quantitative estimate of drug-likeness (QED) is 0.737. The van der Waals surface area contributed by atoms with E-state index in [0.717, 1.165) is 4.47 Å². The Balaban J connectivity index is 2.69. The van der Waals surface area contributed by atoms with Crippen LogP contribution < -0.4 is 5.56 Å². The fourth-order valence-corrected chi connectivity index (χ4v) is 2.04. The summed E-state index contributed by atoms with van der Waals surface area (Å²) in [5, 5.41) is 0.270. The van der Waals surface area contributed by atoms with E-state index in [4.69, 9.17) is 11.6 Å². The van der Waals surface area contributed by atoms with Crippen molar-refractivity contribution in [1.82, 2.24) is 4.57 Å². The second kappa shape index (κ2) is 4.63. The van der Waals surface area contributed by atoms with Crippen LogP contribution in [0.15, 0.2) is 39.6 Å². The zero-order chi connectivity index (χ0) is 12.6. The van der Waals surface area contributed by atoms with Gasteiger partial charge in [0, 0.05) is 23.2 Å². The lowest BCUT2D eigenvalue weighted by Crippen LogP contribution is -2.16. The Morgan fingerprint density at radius 1 is 1.29 bits per heavy atom. The van der Waals surface area contributed by atoms with Gasteiger partial charge in [-0.2, -0.15) is 0 Å². The molecule has 0 bridgehead atoms. The number of aromatic nitrogens is 1. The first-order valence-corrected chi connectivity index (χ1v) is 5.98. The highest BCUT2D eigenvalue weighted by Crippen LogP contribution is 2.26. The lowest BCUT2D eigenvalue weighted by Gasteiger charge is -2.07. The van der Waals surface area contributed by atoms with E-state index in [0.29, 0.717) is 11.1 Å². The second-order valence-corrected chi connectivity index (χ2v) is 4.89. The molecule has 0 fully saturated rings. The molecule has 5 heteroatoms. The molecule has 17 heavy (non-hydrogen) atoms. The molecule has 2 nitrogen and oxygen atoms in total. The van der Waals surface area contributed by atoms with Gasteiger partial charge in [0.05, 0.1) is 0 Å². The molecule has 1 aromatic heterocycles. The van der Waals surface area contributed by atoms with Crippen LogP contribution in [-0.2, 0) is 7.05 Å². The van der Waals surface area contributed by atoms with Crippen molar-refractivity contribution in [3.8, 4) is 11.1 Å². The average Bonchev–Trinajstić information content (AvgIpc) is 2.28. The first-order chi connectivity index (χ1) is 7.99. The van der Waals surface area contributed by atoms with Gasteiger partial charge in [0.25, 0.3) is 5.56 Å². The Morgan fingerprint density at radius 2 is 2.00 bits per heavy atom. The van der Waals surface area contributed by atoms with Gasteiger partial charge in [-0.3, -0.25) is 4.79 Å². The van der Waals surface area contributed by atoms with Crippen LogP contribution in [0.3, 0.4) is 0 Å².